The Balaban J connectivity index is 1.33. The Morgan fingerprint density at radius 3 is 2.79 bits per heavy atom. The van der Waals surface area contributed by atoms with Crippen LogP contribution in [-0.4, -0.2) is 52.4 Å². The van der Waals surface area contributed by atoms with Gasteiger partial charge in [0.25, 0.3) is 5.91 Å². The van der Waals surface area contributed by atoms with Gasteiger partial charge in [-0.3, -0.25) is 9.69 Å². The third-order valence-corrected chi connectivity index (χ3v) is 6.49. The van der Waals surface area contributed by atoms with Crippen LogP contribution in [0, 0.1) is 0 Å². The van der Waals surface area contributed by atoms with Crippen molar-refractivity contribution in [3.63, 3.8) is 0 Å². The van der Waals surface area contributed by atoms with E-state index >= 15 is 0 Å². The molecule has 2 aromatic carbocycles. The summed E-state index contributed by atoms with van der Waals surface area (Å²) in [5.41, 5.74) is 4.17. The van der Waals surface area contributed by atoms with Gasteiger partial charge in [-0.25, -0.2) is 0 Å². The van der Waals surface area contributed by atoms with Crippen LogP contribution in [-0.2, 0) is 0 Å². The van der Waals surface area contributed by atoms with E-state index in [1.54, 1.807) is 0 Å². The van der Waals surface area contributed by atoms with Crippen molar-refractivity contribution in [3.05, 3.63) is 60.3 Å². The fourth-order valence-electron chi connectivity index (χ4n) is 4.83. The number of nitrogens with zero attached hydrogens (tertiary/aromatic N) is 2. The standard InChI is InChI=1S/C24H27N3O/c1-17-6-2-3-13-27(17)20-15-26(16-20)24(28)19-8-4-7-18(14-19)21-9-5-10-23-22(21)11-12-25-23/h4-5,7-12,14,17,20,25H,2-3,6,13,15-16H2,1H3/t17-/m0/s1. The molecule has 2 fully saturated rings. The minimum Gasteiger partial charge on any atom is -0.361 e. The quantitative estimate of drug-likeness (QED) is 0.732. The number of H-pyrrole nitrogens is 1. The molecule has 1 amide bonds. The van der Waals surface area contributed by atoms with Crippen molar-refractivity contribution in [1.82, 2.24) is 14.8 Å². The lowest BCUT2D eigenvalue weighted by Crippen LogP contribution is -2.63. The third-order valence-electron chi connectivity index (χ3n) is 6.49. The van der Waals surface area contributed by atoms with E-state index in [4.69, 9.17) is 0 Å². The summed E-state index contributed by atoms with van der Waals surface area (Å²) in [6.07, 6.45) is 5.89. The maximum atomic E-state index is 13.0. The second-order valence-corrected chi connectivity index (χ2v) is 8.27. The van der Waals surface area contributed by atoms with E-state index in [-0.39, 0.29) is 5.91 Å². The number of amides is 1. The zero-order valence-electron chi connectivity index (χ0n) is 16.4. The van der Waals surface area contributed by atoms with E-state index in [0.717, 1.165) is 35.3 Å². The van der Waals surface area contributed by atoms with Crippen LogP contribution >= 0.6 is 0 Å². The molecule has 28 heavy (non-hydrogen) atoms. The number of carbonyl (C=O) groups excluding carboxylic acids is 1. The Kier molecular flexibility index (Phi) is 4.44. The minimum atomic E-state index is 0.156. The number of carbonyl (C=O) groups is 1. The summed E-state index contributed by atoms with van der Waals surface area (Å²) in [6.45, 7) is 5.24. The highest BCUT2D eigenvalue weighted by molar-refractivity contribution is 5.99. The average molecular weight is 374 g/mol. The van der Waals surface area contributed by atoms with E-state index in [0.29, 0.717) is 12.1 Å². The van der Waals surface area contributed by atoms with Gasteiger partial charge in [0, 0.05) is 47.8 Å². The number of fused-ring (bicyclic) bond motifs is 1. The Hall–Kier alpha value is -2.59. The number of aromatic amines is 1. The Morgan fingerprint density at radius 2 is 1.93 bits per heavy atom. The van der Waals surface area contributed by atoms with Gasteiger partial charge in [-0.05, 0) is 61.7 Å². The zero-order valence-corrected chi connectivity index (χ0v) is 16.4. The largest absolute Gasteiger partial charge is 0.361 e. The third kappa shape index (κ3) is 3.02. The Morgan fingerprint density at radius 1 is 1.07 bits per heavy atom. The van der Waals surface area contributed by atoms with Gasteiger partial charge in [0.15, 0.2) is 0 Å². The van der Waals surface area contributed by atoms with Gasteiger partial charge in [0.2, 0.25) is 0 Å². The van der Waals surface area contributed by atoms with Gasteiger partial charge in [-0.2, -0.15) is 0 Å². The molecular formula is C24H27N3O. The zero-order chi connectivity index (χ0) is 19.1. The maximum absolute atomic E-state index is 13.0. The molecule has 2 aliphatic rings. The molecule has 2 aliphatic heterocycles. The van der Waals surface area contributed by atoms with E-state index in [1.807, 2.05) is 29.3 Å². The fraction of sp³-hybridized carbons (Fsp3) is 0.375. The molecule has 3 heterocycles. The first-order chi connectivity index (χ1) is 13.7. The molecule has 144 valence electrons. The number of benzene rings is 2. The molecule has 0 spiro atoms. The SMILES string of the molecule is C[C@H]1CCCCN1C1CN(C(=O)c2cccc(-c3cccc4[nH]ccc34)c2)C1. The molecule has 3 aromatic rings. The summed E-state index contributed by atoms with van der Waals surface area (Å²) >= 11 is 0. The smallest absolute Gasteiger partial charge is 0.253 e. The van der Waals surface area contributed by atoms with Crippen LogP contribution in [0.5, 0.6) is 0 Å². The van der Waals surface area contributed by atoms with Crippen LogP contribution in [0.2, 0.25) is 0 Å². The number of aromatic nitrogens is 1. The van der Waals surface area contributed by atoms with Crippen molar-refractivity contribution in [2.75, 3.05) is 19.6 Å². The lowest BCUT2D eigenvalue weighted by atomic mass is 9.96. The number of piperidine rings is 1. The summed E-state index contributed by atoms with van der Waals surface area (Å²) in [6, 6.07) is 17.6. The first kappa shape index (κ1) is 17.5. The van der Waals surface area contributed by atoms with E-state index < -0.39 is 0 Å². The van der Waals surface area contributed by atoms with Crippen molar-refractivity contribution < 1.29 is 4.79 Å². The number of likely N-dealkylation sites (tertiary alicyclic amines) is 2. The molecule has 2 saturated heterocycles. The highest BCUT2D eigenvalue weighted by atomic mass is 16.2. The topological polar surface area (TPSA) is 39.3 Å². The van der Waals surface area contributed by atoms with Gasteiger partial charge in [-0.15, -0.1) is 0 Å². The number of rotatable bonds is 3. The average Bonchev–Trinajstić information content (AvgIpc) is 3.17. The molecule has 4 nitrogen and oxygen atoms in total. The van der Waals surface area contributed by atoms with Gasteiger partial charge in [0.1, 0.15) is 0 Å². The molecular weight excluding hydrogens is 346 g/mol. The van der Waals surface area contributed by atoms with Gasteiger partial charge < -0.3 is 9.88 Å². The lowest BCUT2D eigenvalue weighted by molar-refractivity contribution is 0.00213. The van der Waals surface area contributed by atoms with Crippen molar-refractivity contribution in [2.24, 2.45) is 0 Å². The minimum absolute atomic E-state index is 0.156. The Bertz CT molecular complexity index is 1000. The first-order valence-electron chi connectivity index (χ1n) is 10.4. The molecule has 0 radical (unpaired) electrons. The van der Waals surface area contributed by atoms with Gasteiger partial charge in [0.05, 0.1) is 0 Å². The highest BCUT2D eigenvalue weighted by Gasteiger charge is 2.37. The second-order valence-electron chi connectivity index (χ2n) is 8.27. The van der Waals surface area contributed by atoms with Gasteiger partial charge in [-0.1, -0.05) is 30.7 Å². The highest BCUT2D eigenvalue weighted by Crippen LogP contribution is 2.30. The monoisotopic (exact) mass is 373 g/mol. The molecule has 0 bridgehead atoms. The van der Waals surface area contributed by atoms with Crippen LogP contribution in [0.3, 0.4) is 0 Å². The summed E-state index contributed by atoms with van der Waals surface area (Å²) in [7, 11) is 0. The van der Waals surface area contributed by atoms with Crippen LogP contribution in [0.4, 0.5) is 0 Å². The summed E-state index contributed by atoms with van der Waals surface area (Å²) in [4.78, 5) is 20.9. The van der Waals surface area contributed by atoms with E-state index in [1.165, 1.54) is 31.2 Å². The molecule has 1 N–H and O–H groups in total. The predicted molar refractivity (Wildman–Crippen MR) is 113 cm³/mol. The molecule has 4 heteroatoms. The van der Waals surface area contributed by atoms with E-state index in [9.17, 15) is 4.79 Å². The van der Waals surface area contributed by atoms with Crippen LogP contribution in [0.1, 0.15) is 36.5 Å². The normalized spacial score (nSPS) is 21.0. The predicted octanol–water partition coefficient (Wildman–Crippen LogP) is 4.53. The fourth-order valence-corrected chi connectivity index (χ4v) is 4.83. The summed E-state index contributed by atoms with van der Waals surface area (Å²) in [5, 5.41) is 1.19. The number of hydrogen-bond donors (Lipinski definition) is 1. The molecule has 0 unspecified atom stereocenters. The lowest BCUT2D eigenvalue weighted by Gasteiger charge is -2.49. The number of nitrogens with one attached hydrogen (secondary N) is 1. The molecule has 0 aliphatic carbocycles. The van der Waals surface area contributed by atoms with Crippen molar-refractivity contribution in [3.8, 4) is 11.1 Å². The molecule has 1 aromatic heterocycles. The van der Waals surface area contributed by atoms with E-state index in [2.05, 4.69) is 47.1 Å². The van der Waals surface area contributed by atoms with Crippen LogP contribution < -0.4 is 0 Å². The van der Waals surface area contributed by atoms with Crippen LogP contribution in [0.15, 0.2) is 54.7 Å². The Labute approximate surface area is 166 Å². The van der Waals surface area contributed by atoms with Crippen LogP contribution in [0.25, 0.3) is 22.0 Å². The maximum Gasteiger partial charge on any atom is 0.253 e. The van der Waals surface area contributed by atoms with Gasteiger partial charge >= 0.3 is 0 Å². The molecule has 5 rings (SSSR count). The summed E-state index contributed by atoms with van der Waals surface area (Å²) < 4.78 is 0. The summed E-state index contributed by atoms with van der Waals surface area (Å²) in [5.74, 6) is 0.156. The number of hydrogen-bond acceptors (Lipinski definition) is 2. The van der Waals surface area contributed by atoms with Crippen molar-refractivity contribution in [2.45, 2.75) is 38.3 Å². The second kappa shape index (κ2) is 7.10. The first-order valence-corrected chi connectivity index (χ1v) is 10.4. The van der Waals surface area contributed by atoms with Crippen molar-refractivity contribution >= 4 is 16.8 Å². The molecule has 1 atom stereocenters. The molecule has 0 saturated carbocycles. The van der Waals surface area contributed by atoms with Crippen molar-refractivity contribution in [1.29, 1.82) is 0 Å².